The number of aromatic nitrogens is 2. The third-order valence-electron chi connectivity index (χ3n) is 3.99. The summed E-state index contributed by atoms with van der Waals surface area (Å²) in [6.07, 6.45) is -4.87. The zero-order valence-electron chi connectivity index (χ0n) is 15.2. The number of aryl methyl sites for hydroxylation is 1. The summed E-state index contributed by atoms with van der Waals surface area (Å²) >= 11 is 0. The van der Waals surface area contributed by atoms with E-state index in [1.165, 1.54) is 19.1 Å². The molecule has 0 aliphatic rings. The fourth-order valence-electron chi connectivity index (χ4n) is 2.55. The first-order valence-electron chi connectivity index (χ1n) is 8.34. The number of hydrogen-bond donors (Lipinski definition) is 1. The number of carbonyl (C=O) groups is 2. The molecule has 1 aromatic heterocycles. The molecular weight excluding hydrogens is 379 g/mol. The molecule has 0 aliphatic heterocycles. The van der Waals surface area contributed by atoms with Crippen molar-refractivity contribution in [3.63, 3.8) is 0 Å². The monoisotopic (exact) mass is 397 g/mol. The van der Waals surface area contributed by atoms with E-state index in [-0.39, 0.29) is 30.9 Å². The van der Waals surface area contributed by atoms with Crippen LogP contribution in [-0.4, -0.2) is 44.8 Å². The molecule has 0 saturated heterocycles. The van der Waals surface area contributed by atoms with Crippen LogP contribution in [0.4, 0.5) is 13.2 Å². The first kappa shape index (κ1) is 21.1. The second-order valence-corrected chi connectivity index (χ2v) is 5.99. The quantitative estimate of drug-likeness (QED) is 0.809. The highest BCUT2D eigenvalue weighted by atomic mass is 19.4. The topological polar surface area (TPSA) is 92.5 Å². The minimum absolute atomic E-state index is 0.0370. The molecule has 0 bridgehead atoms. The number of amides is 1. The summed E-state index contributed by atoms with van der Waals surface area (Å²) in [5, 5.41) is 12.7. The van der Waals surface area contributed by atoms with Crippen LogP contribution in [0.2, 0.25) is 0 Å². The summed E-state index contributed by atoms with van der Waals surface area (Å²) in [6, 6.07) is 5.44. The van der Waals surface area contributed by atoms with Crippen molar-refractivity contribution in [3.8, 4) is 5.69 Å². The Morgan fingerprint density at radius 1 is 1.25 bits per heavy atom. The van der Waals surface area contributed by atoms with Crippen molar-refractivity contribution < 1.29 is 27.9 Å². The molecule has 150 valence electrons. The standard InChI is InChI=1S/C18H18F3N3O4/c1-3-23(8-7-15(26)27)17(28)16-14(25)9-11(2)24(22-16)13-6-4-5-12(10-13)18(19,20)21/h4-6,9-10H,3,7-8H2,1-2H3,(H,26,27). The van der Waals surface area contributed by atoms with Crippen LogP contribution in [0.5, 0.6) is 0 Å². The Labute approximate surface area is 158 Å². The normalized spacial score (nSPS) is 11.3. The zero-order chi connectivity index (χ0) is 21.1. The molecule has 0 saturated carbocycles. The average Bonchev–Trinajstić information content (AvgIpc) is 2.61. The van der Waals surface area contributed by atoms with Gasteiger partial charge < -0.3 is 10.0 Å². The molecule has 1 aromatic carbocycles. The Morgan fingerprint density at radius 2 is 1.93 bits per heavy atom. The van der Waals surface area contributed by atoms with Crippen molar-refractivity contribution in [2.75, 3.05) is 13.1 Å². The van der Waals surface area contributed by atoms with Crippen LogP contribution in [0.1, 0.15) is 35.1 Å². The van der Waals surface area contributed by atoms with Crippen LogP contribution in [0.3, 0.4) is 0 Å². The summed E-state index contributed by atoms with van der Waals surface area (Å²) in [5.74, 6) is -1.89. The number of hydrogen-bond acceptors (Lipinski definition) is 4. The Morgan fingerprint density at radius 3 is 2.50 bits per heavy atom. The van der Waals surface area contributed by atoms with E-state index in [2.05, 4.69) is 5.10 Å². The summed E-state index contributed by atoms with van der Waals surface area (Å²) in [5.41, 5.74) is -1.80. The van der Waals surface area contributed by atoms with Crippen LogP contribution < -0.4 is 5.43 Å². The van der Waals surface area contributed by atoms with E-state index in [1.807, 2.05) is 0 Å². The molecule has 1 amide bonds. The zero-order valence-corrected chi connectivity index (χ0v) is 15.2. The van der Waals surface area contributed by atoms with Gasteiger partial charge in [-0.2, -0.15) is 18.3 Å². The minimum Gasteiger partial charge on any atom is -0.481 e. The number of carbonyl (C=O) groups excluding carboxylic acids is 1. The van der Waals surface area contributed by atoms with Gasteiger partial charge in [0.1, 0.15) is 0 Å². The third kappa shape index (κ3) is 4.76. The van der Waals surface area contributed by atoms with Gasteiger partial charge in [-0.15, -0.1) is 0 Å². The lowest BCUT2D eigenvalue weighted by atomic mass is 10.2. The largest absolute Gasteiger partial charge is 0.481 e. The highest BCUT2D eigenvalue weighted by molar-refractivity contribution is 5.92. The van der Waals surface area contributed by atoms with Crippen LogP contribution >= 0.6 is 0 Å². The number of aliphatic carboxylic acids is 1. The van der Waals surface area contributed by atoms with Gasteiger partial charge in [0.15, 0.2) is 5.69 Å². The molecule has 2 rings (SSSR count). The van der Waals surface area contributed by atoms with Gasteiger partial charge in [0.05, 0.1) is 17.7 Å². The molecule has 10 heteroatoms. The number of nitrogens with zero attached hydrogens (tertiary/aromatic N) is 3. The molecule has 1 N–H and O–H groups in total. The Balaban J connectivity index is 2.49. The Hall–Kier alpha value is -3.17. The van der Waals surface area contributed by atoms with E-state index < -0.39 is 34.7 Å². The Bertz CT molecular complexity index is 954. The predicted octanol–water partition coefficient (Wildman–Crippen LogP) is 2.50. The molecular formula is C18H18F3N3O4. The van der Waals surface area contributed by atoms with Gasteiger partial charge in [0.2, 0.25) is 5.43 Å². The van der Waals surface area contributed by atoms with Crippen LogP contribution in [0, 0.1) is 6.92 Å². The lowest BCUT2D eigenvalue weighted by Gasteiger charge is -2.20. The lowest BCUT2D eigenvalue weighted by Crippen LogP contribution is -2.37. The fraction of sp³-hybridized carbons (Fsp3) is 0.333. The van der Waals surface area contributed by atoms with Gasteiger partial charge in [-0.25, -0.2) is 4.68 Å². The van der Waals surface area contributed by atoms with Crippen molar-refractivity contribution in [2.24, 2.45) is 0 Å². The van der Waals surface area contributed by atoms with Gasteiger partial charge in [0.25, 0.3) is 5.91 Å². The smallest absolute Gasteiger partial charge is 0.416 e. The van der Waals surface area contributed by atoms with Gasteiger partial charge in [-0.1, -0.05) is 6.07 Å². The average molecular weight is 397 g/mol. The molecule has 2 aromatic rings. The molecule has 28 heavy (non-hydrogen) atoms. The van der Waals surface area contributed by atoms with Crippen LogP contribution in [-0.2, 0) is 11.0 Å². The molecule has 0 unspecified atom stereocenters. The molecule has 0 spiro atoms. The van der Waals surface area contributed by atoms with E-state index in [4.69, 9.17) is 5.11 Å². The number of benzene rings is 1. The summed E-state index contributed by atoms with van der Waals surface area (Å²) in [6.45, 7) is 3.11. The molecule has 0 radical (unpaired) electrons. The number of alkyl halides is 3. The maximum absolute atomic E-state index is 13.0. The van der Waals surface area contributed by atoms with Crippen LogP contribution in [0.15, 0.2) is 35.1 Å². The minimum atomic E-state index is -4.56. The van der Waals surface area contributed by atoms with E-state index in [9.17, 15) is 27.6 Å². The van der Waals surface area contributed by atoms with E-state index in [0.29, 0.717) is 0 Å². The van der Waals surface area contributed by atoms with Gasteiger partial charge in [0, 0.05) is 24.8 Å². The number of carboxylic acid groups (broad SMARTS) is 1. The SMILES string of the molecule is CCN(CCC(=O)O)C(=O)c1nn(-c2cccc(C(F)(F)F)c2)c(C)cc1=O. The van der Waals surface area contributed by atoms with Gasteiger partial charge in [-0.05, 0) is 32.0 Å². The number of carboxylic acids is 1. The highest BCUT2D eigenvalue weighted by Crippen LogP contribution is 2.30. The molecule has 0 fully saturated rings. The first-order chi connectivity index (χ1) is 13.0. The Kier molecular flexibility index (Phi) is 6.22. The first-order valence-corrected chi connectivity index (χ1v) is 8.34. The third-order valence-corrected chi connectivity index (χ3v) is 3.99. The van der Waals surface area contributed by atoms with Crippen LogP contribution in [0.25, 0.3) is 5.69 Å². The lowest BCUT2D eigenvalue weighted by molar-refractivity contribution is -0.138. The maximum atomic E-state index is 13.0. The van der Waals surface area contributed by atoms with E-state index >= 15 is 0 Å². The van der Waals surface area contributed by atoms with Crippen molar-refractivity contribution in [2.45, 2.75) is 26.4 Å². The van der Waals surface area contributed by atoms with E-state index in [0.717, 1.165) is 27.8 Å². The summed E-state index contributed by atoms with van der Waals surface area (Å²) < 4.78 is 40.0. The molecule has 0 atom stereocenters. The highest BCUT2D eigenvalue weighted by Gasteiger charge is 2.30. The van der Waals surface area contributed by atoms with E-state index in [1.54, 1.807) is 6.92 Å². The molecule has 1 heterocycles. The number of halogens is 3. The van der Waals surface area contributed by atoms with Gasteiger partial charge in [-0.3, -0.25) is 14.4 Å². The summed E-state index contributed by atoms with van der Waals surface area (Å²) in [7, 11) is 0. The molecule has 0 aliphatic carbocycles. The summed E-state index contributed by atoms with van der Waals surface area (Å²) in [4.78, 5) is 36.7. The van der Waals surface area contributed by atoms with Crippen molar-refractivity contribution in [3.05, 3.63) is 57.5 Å². The van der Waals surface area contributed by atoms with Crippen molar-refractivity contribution in [1.82, 2.24) is 14.7 Å². The maximum Gasteiger partial charge on any atom is 0.416 e. The van der Waals surface area contributed by atoms with Gasteiger partial charge >= 0.3 is 12.1 Å². The predicted molar refractivity (Wildman–Crippen MR) is 93.4 cm³/mol. The second kappa shape index (κ2) is 8.24. The molecule has 7 nitrogen and oxygen atoms in total. The van der Waals surface area contributed by atoms with Crippen molar-refractivity contribution >= 4 is 11.9 Å². The van der Waals surface area contributed by atoms with Crippen molar-refractivity contribution in [1.29, 1.82) is 0 Å². The second-order valence-electron chi connectivity index (χ2n) is 5.99. The fourth-order valence-corrected chi connectivity index (χ4v) is 2.55. The number of rotatable bonds is 6.